The first kappa shape index (κ1) is 32.3. The van der Waals surface area contributed by atoms with Gasteiger partial charge in [0.05, 0.1) is 12.4 Å². The molecule has 14 heteroatoms. The van der Waals surface area contributed by atoms with E-state index in [-0.39, 0.29) is 37.2 Å². The number of H-pyrrole nitrogens is 1. The molecule has 11 N–H and O–H groups in total. The van der Waals surface area contributed by atoms with Crippen LogP contribution in [0.5, 0.6) is 0 Å². The summed E-state index contributed by atoms with van der Waals surface area (Å²) < 4.78 is 0. The average molecular weight is 538 g/mol. The molecular formula is C24H43N9O5. The Morgan fingerprint density at radius 2 is 1.61 bits per heavy atom. The number of nitrogens with zero attached hydrogens (tertiary/aromatic N) is 2. The highest BCUT2D eigenvalue weighted by Gasteiger charge is 2.32. The van der Waals surface area contributed by atoms with E-state index in [0.717, 1.165) is 0 Å². The number of amides is 3. The van der Waals surface area contributed by atoms with E-state index in [1.165, 1.54) is 12.5 Å². The van der Waals surface area contributed by atoms with Crippen LogP contribution in [0.15, 0.2) is 17.5 Å². The minimum absolute atomic E-state index is 0.0672. The van der Waals surface area contributed by atoms with Gasteiger partial charge >= 0.3 is 5.97 Å². The lowest BCUT2D eigenvalue weighted by Gasteiger charge is -2.27. The van der Waals surface area contributed by atoms with Gasteiger partial charge in [-0.3, -0.25) is 19.4 Å². The standard InChI is InChI=1S/C24H43N9O5/c1-5-13(3)18(25)22(36)32-17(10-15-11-28-12-30-15)21(35)31-16(8-7-9-29-24(26)27)20(34)33-19(23(37)38)14(4)6-2/h11-14,16-19H,5-10,25H2,1-4H3,(H,28,30)(H,31,35)(H,32,36)(H,33,34)(H,37,38)(H4,26,27,29). The van der Waals surface area contributed by atoms with Gasteiger partial charge in [-0.15, -0.1) is 0 Å². The number of carbonyl (C=O) groups excluding carboxylic acids is 3. The van der Waals surface area contributed by atoms with Crippen molar-refractivity contribution in [2.24, 2.45) is 34.0 Å². The maximum absolute atomic E-state index is 13.4. The van der Waals surface area contributed by atoms with Gasteiger partial charge < -0.3 is 43.2 Å². The average Bonchev–Trinajstić information content (AvgIpc) is 3.39. The Morgan fingerprint density at radius 3 is 2.13 bits per heavy atom. The number of aromatic amines is 1. The number of carbonyl (C=O) groups is 4. The zero-order valence-electron chi connectivity index (χ0n) is 22.6. The molecular weight excluding hydrogens is 494 g/mol. The van der Waals surface area contributed by atoms with Gasteiger partial charge in [-0.2, -0.15) is 0 Å². The molecule has 14 nitrogen and oxygen atoms in total. The van der Waals surface area contributed by atoms with E-state index in [1.807, 2.05) is 20.8 Å². The topological polar surface area (TPSA) is 244 Å². The van der Waals surface area contributed by atoms with E-state index in [9.17, 15) is 24.3 Å². The van der Waals surface area contributed by atoms with Crippen LogP contribution in [0, 0.1) is 11.8 Å². The summed E-state index contributed by atoms with van der Waals surface area (Å²) in [6.45, 7) is 7.47. The summed E-state index contributed by atoms with van der Waals surface area (Å²) in [4.78, 5) is 61.8. The number of nitrogens with two attached hydrogens (primary N) is 3. The molecule has 0 aliphatic carbocycles. The minimum atomic E-state index is -1.18. The van der Waals surface area contributed by atoms with Crippen molar-refractivity contribution in [2.75, 3.05) is 6.54 Å². The van der Waals surface area contributed by atoms with Gasteiger partial charge in [-0.1, -0.05) is 40.5 Å². The first-order valence-electron chi connectivity index (χ1n) is 12.8. The van der Waals surface area contributed by atoms with Crippen LogP contribution in [0.4, 0.5) is 0 Å². The number of imidazole rings is 1. The number of aliphatic carboxylic acids is 1. The number of hydrogen-bond donors (Lipinski definition) is 8. The van der Waals surface area contributed by atoms with Crippen molar-refractivity contribution >= 4 is 29.7 Å². The van der Waals surface area contributed by atoms with Crippen LogP contribution >= 0.6 is 0 Å². The molecule has 0 aromatic carbocycles. The van der Waals surface area contributed by atoms with Gasteiger partial charge in [0, 0.05) is 24.9 Å². The van der Waals surface area contributed by atoms with Crippen LogP contribution in [-0.4, -0.2) is 75.4 Å². The monoisotopic (exact) mass is 537 g/mol. The number of carboxylic acids is 1. The van der Waals surface area contributed by atoms with Gasteiger partial charge in [0.1, 0.15) is 18.1 Å². The first-order valence-corrected chi connectivity index (χ1v) is 12.8. The molecule has 6 unspecified atom stereocenters. The Labute approximate surface area is 223 Å². The number of hydrogen-bond acceptors (Lipinski definition) is 7. The number of rotatable bonds is 17. The zero-order chi connectivity index (χ0) is 28.8. The van der Waals surface area contributed by atoms with Crippen LogP contribution in [0.25, 0.3) is 0 Å². The SMILES string of the molecule is CCC(C)C(N)C(=O)NC(Cc1cnc[nH]1)C(=O)NC(CCCN=C(N)N)C(=O)NC(C(=O)O)C(C)CC. The van der Waals surface area contributed by atoms with Crippen molar-refractivity contribution in [2.45, 2.75) is 84.0 Å². The number of nitrogens with one attached hydrogen (secondary N) is 4. The van der Waals surface area contributed by atoms with Gasteiger partial charge in [-0.05, 0) is 24.7 Å². The van der Waals surface area contributed by atoms with Gasteiger partial charge in [-0.25, -0.2) is 9.78 Å². The third-order valence-electron chi connectivity index (χ3n) is 6.53. The molecule has 214 valence electrons. The molecule has 0 aliphatic rings. The summed E-state index contributed by atoms with van der Waals surface area (Å²) in [5.74, 6) is -3.56. The fourth-order valence-electron chi connectivity index (χ4n) is 3.59. The second-order valence-corrected chi connectivity index (χ2v) is 9.47. The second-order valence-electron chi connectivity index (χ2n) is 9.47. The summed E-state index contributed by atoms with van der Waals surface area (Å²) in [6.07, 6.45) is 4.67. The Kier molecular flexibility index (Phi) is 13.8. The highest BCUT2D eigenvalue weighted by Crippen LogP contribution is 2.11. The minimum Gasteiger partial charge on any atom is -0.480 e. The van der Waals surface area contributed by atoms with Gasteiger partial charge in [0.15, 0.2) is 5.96 Å². The van der Waals surface area contributed by atoms with E-state index in [0.29, 0.717) is 25.0 Å². The number of guanidine groups is 1. The molecule has 0 aliphatic heterocycles. The molecule has 0 bridgehead atoms. The van der Waals surface area contributed by atoms with Gasteiger partial charge in [0.2, 0.25) is 17.7 Å². The summed E-state index contributed by atoms with van der Waals surface area (Å²) >= 11 is 0. The van der Waals surface area contributed by atoms with Crippen molar-refractivity contribution in [3.05, 3.63) is 18.2 Å². The molecule has 0 saturated carbocycles. The predicted octanol–water partition coefficient (Wildman–Crippen LogP) is -1.04. The zero-order valence-corrected chi connectivity index (χ0v) is 22.6. The third-order valence-corrected chi connectivity index (χ3v) is 6.53. The molecule has 0 spiro atoms. The molecule has 1 aromatic rings. The maximum atomic E-state index is 13.4. The maximum Gasteiger partial charge on any atom is 0.326 e. The summed E-state index contributed by atoms with van der Waals surface area (Å²) in [5.41, 5.74) is 17.4. The third kappa shape index (κ3) is 10.7. The van der Waals surface area contributed by atoms with E-state index in [1.54, 1.807) is 6.92 Å². The normalized spacial score (nSPS) is 15.7. The molecule has 1 aromatic heterocycles. The molecule has 3 amide bonds. The van der Waals surface area contributed by atoms with Crippen LogP contribution in [0.2, 0.25) is 0 Å². The Morgan fingerprint density at radius 1 is 1.00 bits per heavy atom. The molecule has 1 rings (SSSR count). The van der Waals surface area contributed by atoms with E-state index >= 15 is 0 Å². The number of carboxylic acid groups (broad SMARTS) is 1. The number of aliphatic imine (C=N–C) groups is 1. The summed E-state index contributed by atoms with van der Waals surface area (Å²) in [5, 5.41) is 17.5. The Hall–Kier alpha value is -3.68. The quantitative estimate of drug-likeness (QED) is 0.0686. The van der Waals surface area contributed by atoms with Crippen LogP contribution in [0.3, 0.4) is 0 Å². The van der Waals surface area contributed by atoms with E-state index < -0.39 is 47.9 Å². The molecule has 0 saturated heterocycles. The molecule has 0 fully saturated rings. The fraction of sp³-hybridized carbons (Fsp3) is 0.667. The highest BCUT2D eigenvalue weighted by atomic mass is 16.4. The highest BCUT2D eigenvalue weighted by molar-refractivity contribution is 5.94. The molecule has 0 radical (unpaired) electrons. The lowest BCUT2D eigenvalue weighted by atomic mass is 9.98. The Balaban J connectivity index is 3.14. The second kappa shape index (κ2) is 16.2. The van der Waals surface area contributed by atoms with Crippen LogP contribution in [-0.2, 0) is 25.6 Å². The smallest absolute Gasteiger partial charge is 0.326 e. The van der Waals surface area contributed by atoms with Crippen molar-refractivity contribution in [1.82, 2.24) is 25.9 Å². The van der Waals surface area contributed by atoms with Crippen molar-refractivity contribution in [3.63, 3.8) is 0 Å². The lowest BCUT2D eigenvalue weighted by molar-refractivity contribution is -0.144. The van der Waals surface area contributed by atoms with Crippen molar-refractivity contribution in [1.29, 1.82) is 0 Å². The summed E-state index contributed by atoms with van der Waals surface area (Å²) in [6, 6.07) is -4.15. The summed E-state index contributed by atoms with van der Waals surface area (Å²) in [7, 11) is 0. The van der Waals surface area contributed by atoms with Gasteiger partial charge in [0.25, 0.3) is 0 Å². The largest absolute Gasteiger partial charge is 0.480 e. The van der Waals surface area contributed by atoms with Crippen molar-refractivity contribution < 1.29 is 24.3 Å². The number of aromatic nitrogens is 2. The van der Waals surface area contributed by atoms with E-state index in [4.69, 9.17) is 17.2 Å². The first-order chi connectivity index (χ1) is 17.9. The predicted molar refractivity (Wildman–Crippen MR) is 143 cm³/mol. The van der Waals surface area contributed by atoms with Crippen LogP contribution < -0.4 is 33.2 Å². The molecule has 6 atom stereocenters. The molecule has 1 heterocycles. The van der Waals surface area contributed by atoms with Crippen LogP contribution in [0.1, 0.15) is 59.1 Å². The Bertz CT molecular complexity index is 934. The molecule has 38 heavy (non-hydrogen) atoms. The van der Waals surface area contributed by atoms with E-state index in [2.05, 4.69) is 30.9 Å². The fourth-order valence-corrected chi connectivity index (χ4v) is 3.59. The van der Waals surface area contributed by atoms with Crippen molar-refractivity contribution in [3.8, 4) is 0 Å². The lowest BCUT2D eigenvalue weighted by Crippen LogP contribution is -2.58.